The van der Waals surface area contributed by atoms with E-state index in [0.29, 0.717) is 0 Å². The zero-order chi connectivity index (χ0) is 16.7. The van der Waals surface area contributed by atoms with Gasteiger partial charge in [-0.1, -0.05) is 6.08 Å². The first kappa shape index (κ1) is 17.8. The molecule has 1 aromatic carbocycles. The molecule has 2 N–H and O–H groups in total. The van der Waals surface area contributed by atoms with Crippen LogP contribution in [0.1, 0.15) is 30.9 Å². The number of methoxy groups -OCH3 is 2. The van der Waals surface area contributed by atoms with E-state index in [1.807, 2.05) is 6.07 Å². The Kier molecular flexibility index (Phi) is 6.93. The van der Waals surface area contributed by atoms with Crippen LogP contribution in [0.5, 0.6) is 11.5 Å². The molecule has 0 spiro atoms. The van der Waals surface area contributed by atoms with E-state index in [-0.39, 0.29) is 0 Å². The van der Waals surface area contributed by atoms with Gasteiger partial charge >= 0.3 is 0 Å². The molecule has 0 unspecified atom stereocenters. The molecule has 23 heavy (non-hydrogen) atoms. The number of benzene rings is 1. The van der Waals surface area contributed by atoms with Crippen molar-refractivity contribution in [2.24, 2.45) is 5.92 Å². The van der Waals surface area contributed by atoms with E-state index >= 15 is 0 Å². The van der Waals surface area contributed by atoms with Crippen LogP contribution < -0.4 is 20.1 Å². The van der Waals surface area contributed by atoms with Crippen LogP contribution in [-0.4, -0.2) is 40.4 Å². The lowest BCUT2D eigenvalue weighted by molar-refractivity contribution is 0.354. The van der Waals surface area contributed by atoms with E-state index < -0.39 is 0 Å². The van der Waals surface area contributed by atoms with E-state index in [4.69, 9.17) is 9.47 Å². The maximum atomic E-state index is 5.45. The lowest BCUT2D eigenvalue weighted by Gasteiger charge is -2.23. The number of piperidine rings is 1. The molecule has 2 rings (SSSR count). The number of hydrogen-bond donors (Lipinski definition) is 2. The van der Waals surface area contributed by atoms with Crippen molar-refractivity contribution >= 4 is 5.57 Å². The summed E-state index contributed by atoms with van der Waals surface area (Å²) in [5.41, 5.74) is 3.74. The fourth-order valence-corrected chi connectivity index (χ4v) is 3.18. The molecule has 0 aromatic heterocycles. The maximum absolute atomic E-state index is 5.45. The first-order chi connectivity index (χ1) is 11.2. The molecule has 0 aliphatic carbocycles. The van der Waals surface area contributed by atoms with Crippen LogP contribution in [0.25, 0.3) is 5.57 Å². The summed E-state index contributed by atoms with van der Waals surface area (Å²) in [4.78, 5) is 0. The van der Waals surface area contributed by atoms with Crippen molar-refractivity contribution in [3.8, 4) is 11.5 Å². The summed E-state index contributed by atoms with van der Waals surface area (Å²) in [6, 6.07) is 4.13. The van der Waals surface area contributed by atoms with E-state index in [0.717, 1.165) is 43.6 Å². The lowest BCUT2D eigenvalue weighted by atomic mass is 9.97. The third-order valence-electron chi connectivity index (χ3n) is 4.63. The standard InChI is InChI=1S/C19H30N2O2/c1-5-16(13-21-12-15-6-8-20-9-7-15)17-11-19(23-4)18(22-3)10-14(17)2/h5,10-11,15,20-21H,6-9,12-13H2,1-4H3/b16-5-. The summed E-state index contributed by atoms with van der Waals surface area (Å²) in [5.74, 6) is 2.36. The number of nitrogens with one attached hydrogen (secondary N) is 2. The van der Waals surface area contributed by atoms with E-state index in [1.54, 1.807) is 14.2 Å². The Morgan fingerprint density at radius 3 is 2.48 bits per heavy atom. The van der Waals surface area contributed by atoms with Crippen LogP contribution >= 0.6 is 0 Å². The molecule has 128 valence electrons. The molecule has 1 aromatic rings. The van der Waals surface area contributed by atoms with E-state index in [1.165, 1.54) is 29.5 Å². The second-order valence-electron chi connectivity index (χ2n) is 6.16. The third kappa shape index (κ3) is 4.72. The van der Waals surface area contributed by atoms with Crippen molar-refractivity contribution in [1.29, 1.82) is 0 Å². The highest BCUT2D eigenvalue weighted by atomic mass is 16.5. The lowest BCUT2D eigenvalue weighted by Crippen LogP contribution is -2.34. The van der Waals surface area contributed by atoms with E-state index in [9.17, 15) is 0 Å². The quantitative estimate of drug-likeness (QED) is 0.811. The summed E-state index contributed by atoms with van der Waals surface area (Å²) < 4.78 is 10.8. The molecule has 4 nitrogen and oxygen atoms in total. The number of hydrogen-bond acceptors (Lipinski definition) is 4. The smallest absolute Gasteiger partial charge is 0.161 e. The van der Waals surface area contributed by atoms with Crippen LogP contribution in [0, 0.1) is 12.8 Å². The third-order valence-corrected chi connectivity index (χ3v) is 4.63. The Labute approximate surface area is 140 Å². The second-order valence-corrected chi connectivity index (χ2v) is 6.16. The number of rotatable bonds is 7. The fraction of sp³-hybridized carbons (Fsp3) is 0.579. The molecule has 1 saturated heterocycles. The topological polar surface area (TPSA) is 42.5 Å². The summed E-state index contributed by atoms with van der Waals surface area (Å²) in [6.45, 7) is 8.49. The molecular formula is C19H30N2O2. The minimum atomic E-state index is 0.783. The highest BCUT2D eigenvalue weighted by molar-refractivity contribution is 5.72. The number of allylic oxidation sites excluding steroid dienone is 1. The number of aryl methyl sites for hydroxylation is 1. The SMILES string of the molecule is C/C=C(/CNCC1CCNCC1)c1cc(OC)c(OC)cc1C. The number of ether oxygens (including phenoxy) is 2. The Morgan fingerprint density at radius 1 is 1.22 bits per heavy atom. The van der Waals surface area contributed by atoms with Gasteiger partial charge in [0, 0.05) is 6.54 Å². The molecule has 0 amide bonds. The van der Waals surface area contributed by atoms with Crippen molar-refractivity contribution in [1.82, 2.24) is 10.6 Å². The average Bonchev–Trinajstić information content (AvgIpc) is 2.60. The predicted molar refractivity (Wildman–Crippen MR) is 96.4 cm³/mol. The van der Waals surface area contributed by atoms with Gasteiger partial charge in [-0.05, 0) is 81.1 Å². The Hall–Kier alpha value is -1.52. The van der Waals surface area contributed by atoms with Crippen molar-refractivity contribution in [2.45, 2.75) is 26.7 Å². The van der Waals surface area contributed by atoms with Crippen LogP contribution in [0.15, 0.2) is 18.2 Å². The molecule has 0 saturated carbocycles. The molecular weight excluding hydrogens is 288 g/mol. The van der Waals surface area contributed by atoms with Crippen LogP contribution in [0.3, 0.4) is 0 Å². The largest absolute Gasteiger partial charge is 0.493 e. The molecule has 4 heteroatoms. The summed E-state index contributed by atoms with van der Waals surface area (Å²) in [6.07, 6.45) is 4.73. The Morgan fingerprint density at radius 2 is 1.87 bits per heavy atom. The van der Waals surface area contributed by atoms with Crippen molar-refractivity contribution in [2.75, 3.05) is 40.4 Å². The minimum Gasteiger partial charge on any atom is -0.493 e. The fourth-order valence-electron chi connectivity index (χ4n) is 3.18. The van der Waals surface area contributed by atoms with Gasteiger partial charge in [0.25, 0.3) is 0 Å². The normalized spacial score (nSPS) is 16.4. The van der Waals surface area contributed by atoms with Gasteiger partial charge in [0.15, 0.2) is 11.5 Å². The van der Waals surface area contributed by atoms with Gasteiger partial charge in [0.2, 0.25) is 0 Å². The van der Waals surface area contributed by atoms with Crippen molar-refractivity contribution in [3.63, 3.8) is 0 Å². The van der Waals surface area contributed by atoms with Gasteiger partial charge in [-0.2, -0.15) is 0 Å². The van der Waals surface area contributed by atoms with Crippen LogP contribution in [0.2, 0.25) is 0 Å². The van der Waals surface area contributed by atoms with Crippen molar-refractivity contribution < 1.29 is 9.47 Å². The van der Waals surface area contributed by atoms with Gasteiger partial charge in [-0.25, -0.2) is 0 Å². The summed E-state index contributed by atoms with van der Waals surface area (Å²) >= 11 is 0. The zero-order valence-electron chi connectivity index (χ0n) is 14.9. The highest BCUT2D eigenvalue weighted by Crippen LogP contribution is 2.33. The Balaban J connectivity index is 2.02. The minimum absolute atomic E-state index is 0.783. The van der Waals surface area contributed by atoms with E-state index in [2.05, 4.69) is 36.6 Å². The molecule has 1 fully saturated rings. The first-order valence-electron chi connectivity index (χ1n) is 8.49. The van der Waals surface area contributed by atoms with Crippen molar-refractivity contribution in [3.05, 3.63) is 29.3 Å². The first-order valence-corrected chi connectivity index (χ1v) is 8.49. The van der Waals surface area contributed by atoms with Gasteiger partial charge in [-0.15, -0.1) is 0 Å². The average molecular weight is 318 g/mol. The second kappa shape index (κ2) is 8.94. The molecule has 1 aliphatic rings. The van der Waals surface area contributed by atoms with Gasteiger partial charge < -0.3 is 20.1 Å². The summed E-state index contributed by atoms with van der Waals surface area (Å²) in [5, 5.41) is 7.05. The molecule has 0 radical (unpaired) electrons. The summed E-state index contributed by atoms with van der Waals surface area (Å²) in [7, 11) is 3.36. The van der Waals surface area contributed by atoms with Gasteiger partial charge in [0.1, 0.15) is 0 Å². The van der Waals surface area contributed by atoms with Crippen LogP contribution in [-0.2, 0) is 0 Å². The molecule has 0 bridgehead atoms. The highest BCUT2D eigenvalue weighted by Gasteiger charge is 2.14. The Bertz CT molecular complexity index is 534. The maximum Gasteiger partial charge on any atom is 0.161 e. The monoisotopic (exact) mass is 318 g/mol. The molecule has 1 aliphatic heterocycles. The van der Waals surface area contributed by atoms with Gasteiger partial charge in [0.05, 0.1) is 14.2 Å². The van der Waals surface area contributed by atoms with Gasteiger partial charge in [-0.3, -0.25) is 0 Å². The predicted octanol–water partition coefficient (Wildman–Crippen LogP) is 3.00. The van der Waals surface area contributed by atoms with Crippen LogP contribution in [0.4, 0.5) is 0 Å². The molecule has 0 atom stereocenters. The zero-order valence-corrected chi connectivity index (χ0v) is 14.9. The molecule has 1 heterocycles.